The third-order valence-corrected chi connectivity index (χ3v) is 3.42. The average Bonchev–Trinajstić information content (AvgIpc) is 2.69. The predicted octanol–water partition coefficient (Wildman–Crippen LogP) is 1.67. The monoisotopic (exact) mass is 321 g/mol. The highest BCUT2D eigenvalue weighted by atomic mass is 32.2. The van der Waals surface area contributed by atoms with Crippen LogP contribution in [0.1, 0.15) is 46.5 Å². The van der Waals surface area contributed by atoms with Gasteiger partial charge in [0, 0.05) is 19.0 Å². The van der Waals surface area contributed by atoms with Gasteiger partial charge in [-0.05, 0) is 40.0 Å². The maximum Gasteiger partial charge on any atom is 0.410 e. The Morgan fingerprint density at radius 2 is 1.90 bits per heavy atom. The van der Waals surface area contributed by atoms with E-state index in [0.29, 0.717) is 13.0 Å². The Hall–Kier alpha value is -1.31. The second kappa shape index (κ2) is 6.64. The van der Waals surface area contributed by atoms with Crippen LogP contribution in [-0.2, 0) is 23.8 Å². The van der Waals surface area contributed by atoms with E-state index in [2.05, 4.69) is 4.18 Å². The molecule has 1 saturated heterocycles. The summed E-state index contributed by atoms with van der Waals surface area (Å²) >= 11 is 0. The fourth-order valence-electron chi connectivity index (χ4n) is 2.19. The van der Waals surface area contributed by atoms with Crippen LogP contribution >= 0.6 is 0 Å². The normalized spacial score (nSPS) is 19.4. The Morgan fingerprint density at radius 3 is 2.43 bits per heavy atom. The SMILES string of the molecule is CC(C)(C)OC(=O)N1CCCC1CCC(=O)OS(C)(=O)=O. The maximum absolute atomic E-state index is 12.0. The van der Waals surface area contributed by atoms with Crippen molar-refractivity contribution >= 4 is 22.2 Å². The summed E-state index contributed by atoms with van der Waals surface area (Å²) in [6.07, 6.45) is 2.36. The highest BCUT2D eigenvalue weighted by Gasteiger charge is 2.32. The van der Waals surface area contributed by atoms with E-state index in [9.17, 15) is 18.0 Å². The smallest absolute Gasteiger partial charge is 0.410 e. The molecule has 1 rings (SSSR count). The average molecular weight is 321 g/mol. The van der Waals surface area contributed by atoms with E-state index in [4.69, 9.17) is 4.74 Å². The van der Waals surface area contributed by atoms with Crippen LogP contribution in [0.15, 0.2) is 0 Å². The first-order valence-electron chi connectivity index (χ1n) is 6.90. The van der Waals surface area contributed by atoms with Crippen molar-refractivity contribution in [1.29, 1.82) is 0 Å². The predicted molar refractivity (Wildman–Crippen MR) is 76.1 cm³/mol. The van der Waals surface area contributed by atoms with Crippen LogP contribution in [0.2, 0.25) is 0 Å². The lowest BCUT2D eigenvalue weighted by molar-refractivity contribution is -0.134. The Balaban J connectivity index is 2.51. The van der Waals surface area contributed by atoms with Crippen molar-refractivity contribution in [2.75, 3.05) is 12.8 Å². The fraction of sp³-hybridized carbons (Fsp3) is 0.846. The number of rotatable bonds is 4. The zero-order valence-corrected chi connectivity index (χ0v) is 13.7. The summed E-state index contributed by atoms with van der Waals surface area (Å²) < 4.78 is 31.3. The minimum Gasteiger partial charge on any atom is -0.444 e. The summed E-state index contributed by atoms with van der Waals surface area (Å²) in [6, 6.07) is -0.119. The first kappa shape index (κ1) is 17.7. The lowest BCUT2D eigenvalue weighted by Crippen LogP contribution is -2.40. The first-order chi connectivity index (χ1) is 9.48. The van der Waals surface area contributed by atoms with E-state index in [1.165, 1.54) is 0 Å². The van der Waals surface area contributed by atoms with Gasteiger partial charge in [0.05, 0.1) is 6.26 Å². The molecule has 122 valence electrons. The molecule has 0 aromatic rings. The molecule has 1 aliphatic rings. The molecule has 1 atom stereocenters. The molecule has 0 aromatic heterocycles. The van der Waals surface area contributed by atoms with E-state index in [0.717, 1.165) is 19.1 Å². The van der Waals surface area contributed by atoms with Gasteiger partial charge in [-0.25, -0.2) is 4.79 Å². The molecule has 1 unspecified atom stereocenters. The number of nitrogens with zero attached hydrogens (tertiary/aromatic N) is 1. The van der Waals surface area contributed by atoms with Crippen LogP contribution in [0.3, 0.4) is 0 Å². The molecule has 1 amide bonds. The third-order valence-electron chi connectivity index (χ3n) is 2.93. The maximum atomic E-state index is 12.0. The third kappa shape index (κ3) is 6.79. The molecule has 0 spiro atoms. The van der Waals surface area contributed by atoms with Crippen LogP contribution in [0.25, 0.3) is 0 Å². The quantitative estimate of drug-likeness (QED) is 0.732. The van der Waals surface area contributed by atoms with Crippen LogP contribution in [-0.4, -0.2) is 49.8 Å². The lowest BCUT2D eigenvalue weighted by Gasteiger charge is -2.28. The highest BCUT2D eigenvalue weighted by Crippen LogP contribution is 2.24. The van der Waals surface area contributed by atoms with E-state index < -0.39 is 27.8 Å². The van der Waals surface area contributed by atoms with Gasteiger partial charge in [-0.3, -0.25) is 4.79 Å². The van der Waals surface area contributed by atoms with Gasteiger partial charge >= 0.3 is 22.2 Å². The van der Waals surface area contributed by atoms with Crippen LogP contribution in [0.5, 0.6) is 0 Å². The molecule has 0 saturated carbocycles. The van der Waals surface area contributed by atoms with Gasteiger partial charge < -0.3 is 13.8 Å². The molecule has 0 radical (unpaired) electrons. The summed E-state index contributed by atoms with van der Waals surface area (Å²) in [4.78, 5) is 25.0. The number of likely N-dealkylation sites (tertiary alicyclic amines) is 1. The molecule has 0 N–H and O–H groups in total. The van der Waals surface area contributed by atoms with Crippen molar-refractivity contribution in [3.05, 3.63) is 0 Å². The van der Waals surface area contributed by atoms with Gasteiger partial charge in [-0.1, -0.05) is 0 Å². The van der Waals surface area contributed by atoms with E-state index in [1.807, 2.05) is 0 Å². The first-order valence-corrected chi connectivity index (χ1v) is 8.71. The van der Waals surface area contributed by atoms with Crippen molar-refractivity contribution < 1.29 is 26.9 Å². The van der Waals surface area contributed by atoms with Crippen molar-refractivity contribution in [3.8, 4) is 0 Å². The second-order valence-corrected chi connectivity index (χ2v) is 7.74. The Morgan fingerprint density at radius 1 is 1.29 bits per heavy atom. The minimum atomic E-state index is -3.78. The van der Waals surface area contributed by atoms with Crippen molar-refractivity contribution in [3.63, 3.8) is 0 Å². The molecule has 1 fully saturated rings. The molecule has 8 heteroatoms. The summed E-state index contributed by atoms with van der Waals surface area (Å²) in [5.74, 6) is -0.798. The number of carbonyl (C=O) groups is 2. The molecule has 7 nitrogen and oxygen atoms in total. The molecular weight excluding hydrogens is 298 g/mol. The largest absolute Gasteiger partial charge is 0.444 e. The summed E-state index contributed by atoms with van der Waals surface area (Å²) in [5, 5.41) is 0. The van der Waals surface area contributed by atoms with Gasteiger partial charge in [-0.15, -0.1) is 0 Å². The number of hydrogen-bond donors (Lipinski definition) is 0. The topological polar surface area (TPSA) is 90.0 Å². The number of hydrogen-bond acceptors (Lipinski definition) is 6. The van der Waals surface area contributed by atoms with Gasteiger partial charge in [0.1, 0.15) is 5.60 Å². The van der Waals surface area contributed by atoms with Crippen LogP contribution in [0.4, 0.5) is 4.79 Å². The van der Waals surface area contributed by atoms with E-state index >= 15 is 0 Å². The molecular formula is C13H23NO6S. The van der Waals surface area contributed by atoms with E-state index in [1.54, 1.807) is 25.7 Å². The number of ether oxygens (including phenoxy) is 1. The lowest BCUT2D eigenvalue weighted by atomic mass is 10.1. The molecule has 1 heterocycles. The zero-order chi connectivity index (χ0) is 16.3. The van der Waals surface area contributed by atoms with E-state index in [-0.39, 0.29) is 12.5 Å². The Labute approximate surface area is 125 Å². The Bertz CT molecular complexity index is 493. The zero-order valence-electron chi connectivity index (χ0n) is 12.9. The van der Waals surface area contributed by atoms with Crippen molar-refractivity contribution in [2.24, 2.45) is 0 Å². The molecule has 0 bridgehead atoms. The number of amides is 1. The summed E-state index contributed by atoms with van der Waals surface area (Å²) in [5.41, 5.74) is -0.570. The van der Waals surface area contributed by atoms with Crippen LogP contribution in [0, 0.1) is 0 Å². The van der Waals surface area contributed by atoms with Crippen LogP contribution < -0.4 is 0 Å². The molecule has 0 aromatic carbocycles. The Kier molecular flexibility index (Phi) is 5.61. The second-order valence-electron chi connectivity index (χ2n) is 6.17. The highest BCUT2D eigenvalue weighted by molar-refractivity contribution is 7.86. The van der Waals surface area contributed by atoms with Gasteiger partial charge in [0.2, 0.25) is 0 Å². The molecule has 1 aliphatic heterocycles. The molecule has 0 aliphatic carbocycles. The number of carbonyl (C=O) groups excluding carboxylic acids is 2. The van der Waals surface area contributed by atoms with Crippen molar-refractivity contribution in [2.45, 2.75) is 58.1 Å². The fourth-order valence-corrected chi connectivity index (χ4v) is 2.61. The summed E-state index contributed by atoms with van der Waals surface area (Å²) in [7, 11) is -3.78. The van der Waals surface area contributed by atoms with Crippen molar-refractivity contribution in [1.82, 2.24) is 4.90 Å². The van der Waals surface area contributed by atoms with Gasteiger partial charge in [-0.2, -0.15) is 8.42 Å². The minimum absolute atomic E-state index is 0.0446. The standard InChI is InChI=1S/C13H23NO6S/c1-13(2,3)19-12(16)14-9-5-6-10(14)7-8-11(15)20-21(4,17)18/h10H,5-9H2,1-4H3. The van der Waals surface area contributed by atoms with Gasteiger partial charge in [0.25, 0.3) is 0 Å². The summed E-state index contributed by atoms with van der Waals surface area (Å²) in [6.45, 7) is 5.96. The molecule has 21 heavy (non-hydrogen) atoms. The van der Waals surface area contributed by atoms with Gasteiger partial charge in [0.15, 0.2) is 0 Å².